The maximum absolute atomic E-state index is 2.37. The van der Waals surface area contributed by atoms with Crippen molar-refractivity contribution < 1.29 is 0 Å². The van der Waals surface area contributed by atoms with Gasteiger partial charge < -0.3 is 9.47 Å². The van der Waals surface area contributed by atoms with Crippen LogP contribution < -0.4 is 4.90 Å². The van der Waals surface area contributed by atoms with Gasteiger partial charge in [-0.1, -0.05) is 176 Å². The van der Waals surface area contributed by atoms with E-state index in [1.807, 2.05) is 0 Å². The van der Waals surface area contributed by atoms with Crippen molar-refractivity contribution in [2.24, 2.45) is 0 Å². The predicted molar refractivity (Wildman–Crippen MR) is 272 cm³/mol. The summed E-state index contributed by atoms with van der Waals surface area (Å²) in [5.74, 6) is 0. The molecule has 0 bridgehead atoms. The Hall–Kier alpha value is -8.20. The van der Waals surface area contributed by atoms with Crippen LogP contribution in [0.3, 0.4) is 0 Å². The van der Waals surface area contributed by atoms with Gasteiger partial charge in [0, 0.05) is 33.5 Å². The fraction of sp³-hybridized carbons (Fsp3) is 0.0323. The second kappa shape index (κ2) is 16.6. The Balaban J connectivity index is 0.826. The van der Waals surface area contributed by atoms with Crippen molar-refractivity contribution >= 4 is 38.9 Å². The number of aryl methyl sites for hydroxylation is 2. The van der Waals surface area contributed by atoms with Crippen molar-refractivity contribution in [2.75, 3.05) is 4.90 Å². The Morgan fingerprint density at radius 3 is 1.20 bits per heavy atom. The molecule has 304 valence electrons. The minimum absolute atomic E-state index is 1.12. The second-order valence-corrected chi connectivity index (χ2v) is 16.7. The first-order valence-corrected chi connectivity index (χ1v) is 22.1. The van der Waals surface area contributed by atoms with Crippen molar-refractivity contribution in [2.45, 2.75) is 13.8 Å². The lowest BCUT2D eigenvalue weighted by Gasteiger charge is -2.26. The van der Waals surface area contributed by atoms with E-state index >= 15 is 0 Å². The molecule has 0 radical (unpaired) electrons. The summed E-state index contributed by atoms with van der Waals surface area (Å²) in [4.78, 5) is 2.32. The predicted octanol–water partition coefficient (Wildman–Crippen LogP) is 17.2. The number of anilines is 3. The minimum atomic E-state index is 1.12. The van der Waals surface area contributed by atoms with Crippen LogP contribution in [0.15, 0.2) is 243 Å². The van der Waals surface area contributed by atoms with Crippen LogP contribution in [0.25, 0.3) is 83.1 Å². The van der Waals surface area contributed by atoms with Crippen LogP contribution in [0.2, 0.25) is 0 Å². The van der Waals surface area contributed by atoms with E-state index in [4.69, 9.17) is 0 Å². The number of benzene rings is 10. The van der Waals surface area contributed by atoms with Crippen molar-refractivity contribution in [3.05, 3.63) is 254 Å². The first kappa shape index (κ1) is 38.7. The summed E-state index contributed by atoms with van der Waals surface area (Å²) in [5, 5.41) is 2.53. The van der Waals surface area contributed by atoms with Gasteiger partial charge in [0.1, 0.15) is 0 Å². The molecule has 0 unspecified atom stereocenters. The highest BCUT2D eigenvalue weighted by Gasteiger charge is 2.16. The van der Waals surface area contributed by atoms with Gasteiger partial charge in [0.15, 0.2) is 0 Å². The Labute approximate surface area is 375 Å². The van der Waals surface area contributed by atoms with E-state index in [1.54, 1.807) is 0 Å². The topological polar surface area (TPSA) is 8.17 Å². The van der Waals surface area contributed by atoms with Gasteiger partial charge in [-0.3, -0.25) is 0 Å². The van der Waals surface area contributed by atoms with E-state index < -0.39 is 0 Å². The Bertz CT molecular complexity index is 3400. The van der Waals surface area contributed by atoms with E-state index in [2.05, 4.69) is 266 Å². The Kier molecular flexibility index (Phi) is 10.0. The average Bonchev–Trinajstić information content (AvgIpc) is 3.69. The Morgan fingerprint density at radius 1 is 0.281 bits per heavy atom. The van der Waals surface area contributed by atoms with E-state index in [1.165, 1.54) is 94.3 Å². The second-order valence-electron chi connectivity index (χ2n) is 16.7. The molecule has 2 nitrogen and oxygen atoms in total. The van der Waals surface area contributed by atoms with E-state index in [9.17, 15) is 0 Å². The van der Waals surface area contributed by atoms with Gasteiger partial charge in [0.25, 0.3) is 0 Å². The van der Waals surface area contributed by atoms with Gasteiger partial charge in [0.2, 0.25) is 0 Å². The molecule has 0 aliphatic rings. The summed E-state index contributed by atoms with van der Waals surface area (Å²) in [6, 6.07) is 87.9. The highest BCUT2D eigenvalue weighted by molar-refractivity contribution is 6.10. The largest absolute Gasteiger partial charge is 0.311 e. The molecule has 1 heterocycles. The number of fused-ring (bicyclic) bond motifs is 3. The lowest BCUT2D eigenvalue weighted by Crippen LogP contribution is -2.09. The first-order valence-electron chi connectivity index (χ1n) is 22.1. The molecule has 10 aromatic carbocycles. The molecule has 0 atom stereocenters. The lowest BCUT2D eigenvalue weighted by molar-refractivity contribution is 1.18. The molecule has 0 spiro atoms. The number of nitrogens with zero attached hydrogens (tertiary/aromatic N) is 2. The zero-order valence-corrected chi connectivity index (χ0v) is 36.0. The van der Waals surface area contributed by atoms with E-state index in [0.717, 1.165) is 17.1 Å². The third-order valence-electron chi connectivity index (χ3n) is 12.7. The molecule has 1 aromatic heterocycles. The third kappa shape index (κ3) is 7.25. The van der Waals surface area contributed by atoms with Crippen LogP contribution in [0, 0.1) is 13.8 Å². The molecule has 0 fully saturated rings. The van der Waals surface area contributed by atoms with E-state index in [-0.39, 0.29) is 0 Å². The van der Waals surface area contributed by atoms with Gasteiger partial charge in [-0.05, 0) is 147 Å². The smallest absolute Gasteiger partial charge is 0.0541 e. The molecule has 0 aliphatic heterocycles. The highest BCUT2D eigenvalue weighted by atomic mass is 15.1. The summed E-state index contributed by atoms with van der Waals surface area (Å²) in [6.07, 6.45) is 0. The van der Waals surface area contributed by atoms with Crippen LogP contribution in [0.1, 0.15) is 11.1 Å². The number of hydrogen-bond donors (Lipinski definition) is 0. The minimum Gasteiger partial charge on any atom is -0.311 e. The zero-order valence-electron chi connectivity index (χ0n) is 36.0. The lowest BCUT2D eigenvalue weighted by atomic mass is 9.91. The molecule has 64 heavy (non-hydrogen) atoms. The van der Waals surface area contributed by atoms with Crippen LogP contribution in [0.5, 0.6) is 0 Å². The SMILES string of the molecule is Cc1cc(-c2ccc(-c3ccc4c(c3)c3ccccc3n4-c3ccccc3)cc2)ccc1-c1ccc(-c2ccc(N(c3ccccc3)c3ccc(-c4ccccc4)cc3)cc2)cc1C. The van der Waals surface area contributed by atoms with Crippen molar-refractivity contribution in [1.82, 2.24) is 4.57 Å². The summed E-state index contributed by atoms with van der Waals surface area (Å²) in [7, 11) is 0. The molecule has 2 heteroatoms. The molecule has 0 amide bonds. The number of hydrogen-bond acceptors (Lipinski definition) is 1. The summed E-state index contributed by atoms with van der Waals surface area (Å²) < 4.78 is 2.37. The van der Waals surface area contributed by atoms with Gasteiger partial charge in [0.05, 0.1) is 11.0 Å². The average molecular weight is 819 g/mol. The number of aromatic nitrogens is 1. The van der Waals surface area contributed by atoms with Crippen LogP contribution in [0.4, 0.5) is 17.1 Å². The molecule has 11 rings (SSSR count). The van der Waals surface area contributed by atoms with Gasteiger partial charge >= 0.3 is 0 Å². The van der Waals surface area contributed by atoms with Crippen molar-refractivity contribution in [3.63, 3.8) is 0 Å². The van der Waals surface area contributed by atoms with Crippen LogP contribution in [-0.4, -0.2) is 4.57 Å². The van der Waals surface area contributed by atoms with Gasteiger partial charge in [-0.25, -0.2) is 0 Å². The summed E-state index contributed by atoms with van der Waals surface area (Å²) in [5.41, 5.74) is 21.7. The molecular formula is C62H46N2. The normalized spacial score (nSPS) is 11.3. The summed E-state index contributed by atoms with van der Waals surface area (Å²) >= 11 is 0. The van der Waals surface area contributed by atoms with E-state index in [0.29, 0.717) is 0 Å². The fourth-order valence-electron chi connectivity index (χ4n) is 9.41. The highest BCUT2D eigenvalue weighted by Crippen LogP contribution is 2.39. The standard InChI is InChI=1S/C62H46N2/c1-43-40-50(47-22-24-48(25-23-47)52-32-39-62-60(42-52)59-20-12-13-21-61(59)64(62)54-18-10-5-11-19-54)30-37-57(43)58-38-31-51(41-44(58)2)49-28-35-56(36-29-49)63(53-16-8-4-9-17-53)55-33-26-46(27-34-55)45-14-6-3-7-15-45/h3-42H,1-2H3. The first-order chi connectivity index (χ1) is 31.6. The third-order valence-corrected chi connectivity index (χ3v) is 12.7. The monoisotopic (exact) mass is 818 g/mol. The zero-order chi connectivity index (χ0) is 43.0. The molecule has 11 aromatic rings. The molecule has 0 saturated heterocycles. The van der Waals surface area contributed by atoms with Crippen molar-refractivity contribution in [3.8, 4) is 61.3 Å². The fourth-order valence-corrected chi connectivity index (χ4v) is 9.41. The maximum atomic E-state index is 2.37. The maximum Gasteiger partial charge on any atom is 0.0541 e. The van der Waals surface area contributed by atoms with Gasteiger partial charge in [-0.15, -0.1) is 0 Å². The summed E-state index contributed by atoms with van der Waals surface area (Å²) in [6.45, 7) is 4.46. The van der Waals surface area contributed by atoms with Gasteiger partial charge in [-0.2, -0.15) is 0 Å². The molecule has 0 aliphatic carbocycles. The number of para-hydroxylation sites is 3. The molecule has 0 N–H and O–H groups in total. The molecule has 0 saturated carbocycles. The molecular weight excluding hydrogens is 773 g/mol. The Morgan fingerprint density at radius 2 is 0.656 bits per heavy atom. The number of rotatable bonds is 9. The van der Waals surface area contributed by atoms with Crippen LogP contribution >= 0.6 is 0 Å². The quantitative estimate of drug-likeness (QED) is 0.141. The van der Waals surface area contributed by atoms with Crippen molar-refractivity contribution in [1.29, 1.82) is 0 Å². The van der Waals surface area contributed by atoms with Crippen LogP contribution in [-0.2, 0) is 0 Å².